The third-order valence-electron chi connectivity index (χ3n) is 7.86. The van der Waals surface area contributed by atoms with Crippen LogP contribution in [0.5, 0.6) is 5.75 Å². The van der Waals surface area contributed by atoms with Crippen molar-refractivity contribution in [2.24, 2.45) is 0 Å². The molecule has 5 aromatic carbocycles. The standard InChI is InChI=1S/C9H9NO2.2C9H9NO.C8H6ClNO.C8H7NO/c1-6-10-8-5-7(11-2)3-4-9(8)12-6;1-6-3-4-9-8(5-6)10-7(2)11-9;1-6-3-4-8-9(5-6)11-7(2)10-8;1-5-10-7-4-6(9)2-3-8(7)11-5;1-6-9-7-4-2-3-5-8(7)10-6/h3-5H,1-2H3;2*3-5H,1-2H3;2-4H,1H3;2-5H,1H3. The van der Waals surface area contributed by atoms with E-state index in [2.05, 4.69) is 24.9 Å². The summed E-state index contributed by atoms with van der Waals surface area (Å²) in [6.45, 7) is 13.3. The molecule has 0 spiro atoms. The Bertz CT molecular complexity index is 2610. The first-order valence-corrected chi connectivity index (χ1v) is 17.7. The van der Waals surface area contributed by atoms with Gasteiger partial charge in [-0.15, -0.1) is 0 Å². The number of para-hydroxylation sites is 2. The molecule has 5 heterocycles. The fourth-order valence-electron chi connectivity index (χ4n) is 5.45. The van der Waals surface area contributed by atoms with Gasteiger partial charge in [0.1, 0.15) is 33.3 Å². The van der Waals surface area contributed by atoms with Crippen LogP contribution in [0.15, 0.2) is 119 Å². The summed E-state index contributed by atoms with van der Waals surface area (Å²) in [6.07, 6.45) is 0. The van der Waals surface area contributed by atoms with E-state index in [0.29, 0.717) is 16.8 Å². The number of ether oxygens (including phenoxy) is 1. The lowest BCUT2D eigenvalue weighted by Gasteiger charge is -1.95. The number of methoxy groups -OCH3 is 1. The van der Waals surface area contributed by atoms with Gasteiger partial charge in [-0.05, 0) is 91.7 Å². The van der Waals surface area contributed by atoms with Gasteiger partial charge in [0.25, 0.3) is 0 Å². The smallest absolute Gasteiger partial charge is 0.192 e. The fraction of sp³-hybridized carbons (Fsp3) is 0.186. The summed E-state index contributed by atoms with van der Waals surface area (Å²) in [6, 6.07) is 30.7. The van der Waals surface area contributed by atoms with Gasteiger partial charge >= 0.3 is 0 Å². The van der Waals surface area contributed by atoms with Crippen LogP contribution in [0.2, 0.25) is 5.02 Å². The Labute approximate surface area is 321 Å². The van der Waals surface area contributed by atoms with Crippen molar-refractivity contribution < 1.29 is 26.8 Å². The first-order valence-electron chi connectivity index (χ1n) is 17.4. The Morgan fingerprint density at radius 3 is 1.40 bits per heavy atom. The average molecular weight is 758 g/mol. The number of nitrogens with zero attached hydrogens (tertiary/aromatic N) is 5. The van der Waals surface area contributed by atoms with Crippen LogP contribution in [0.3, 0.4) is 0 Å². The van der Waals surface area contributed by atoms with Gasteiger partial charge in [0.05, 0.1) is 7.11 Å². The molecule has 0 bridgehead atoms. The summed E-state index contributed by atoms with van der Waals surface area (Å²) >= 11 is 5.75. The molecule has 0 amide bonds. The van der Waals surface area contributed by atoms with E-state index >= 15 is 0 Å². The van der Waals surface area contributed by atoms with Crippen LogP contribution < -0.4 is 4.74 Å². The van der Waals surface area contributed by atoms with Crippen LogP contribution in [-0.2, 0) is 0 Å². The molecule has 12 heteroatoms. The molecule has 0 aliphatic heterocycles. The highest BCUT2D eigenvalue weighted by atomic mass is 35.5. The van der Waals surface area contributed by atoms with E-state index in [0.717, 1.165) is 78.9 Å². The second kappa shape index (κ2) is 17.1. The highest BCUT2D eigenvalue weighted by Gasteiger charge is 2.04. The van der Waals surface area contributed by atoms with Crippen LogP contribution in [0.1, 0.15) is 40.6 Å². The summed E-state index contributed by atoms with van der Waals surface area (Å²) in [5, 5.41) is 0.686. The predicted octanol–water partition coefficient (Wildman–Crippen LogP) is 12.0. The summed E-state index contributed by atoms with van der Waals surface area (Å²) in [5.74, 6) is 4.33. The fourth-order valence-corrected chi connectivity index (χ4v) is 5.62. The second-order valence-electron chi connectivity index (χ2n) is 12.5. The van der Waals surface area contributed by atoms with Crippen molar-refractivity contribution in [3.05, 3.63) is 143 Å². The van der Waals surface area contributed by atoms with E-state index in [1.807, 2.05) is 133 Å². The number of hydrogen-bond acceptors (Lipinski definition) is 11. The molecular formula is C43H40ClN5O6. The number of hydrogen-bond donors (Lipinski definition) is 0. The van der Waals surface area contributed by atoms with Crippen molar-refractivity contribution >= 4 is 67.1 Å². The molecule has 0 aliphatic carbocycles. The lowest BCUT2D eigenvalue weighted by molar-refractivity contribution is 0.415. The lowest BCUT2D eigenvalue weighted by Crippen LogP contribution is -1.80. The minimum atomic E-state index is 0.669. The van der Waals surface area contributed by atoms with Crippen LogP contribution in [0.25, 0.3) is 55.5 Å². The zero-order valence-electron chi connectivity index (χ0n) is 31.8. The first kappa shape index (κ1) is 38.3. The molecule has 0 aliphatic rings. The van der Waals surface area contributed by atoms with Crippen molar-refractivity contribution in [3.8, 4) is 5.75 Å². The van der Waals surface area contributed by atoms with Crippen molar-refractivity contribution in [1.29, 1.82) is 0 Å². The average Bonchev–Trinajstić information content (AvgIpc) is 3.97. The molecule has 11 nitrogen and oxygen atoms in total. The van der Waals surface area contributed by atoms with E-state index in [1.165, 1.54) is 11.1 Å². The molecule has 55 heavy (non-hydrogen) atoms. The van der Waals surface area contributed by atoms with Gasteiger partial charge in [-0.2, -0.15) is 0 Å². The van der Waals surface area contributed by atoms with Crippen molar-refractivity contribution in [1.82, 2.24) is 24.9 Å². The normalized spacial score (nSPS) is 10.6. The zero-order valence-corrected chi connectivity index (χ0v) is 32.6. The molecule has 0 N–H and O–H groups in total. The van der Waals surface area contributed by atoms with Crippen LogP contribution >= 0.6 is 11.6 Å². The van der Waals surface area contributed by atoms with Gasteiger partial charge in [-0.3, -0.25) is 0 Å². The Morgan fingerprint density at radius 2 is 0.818 bits per heavy atom. The predicted molar refractivity (Wildman–Crippen MR) is 215 cm³/mol. The highest BCUT2D eigenvalue weighted by molar-refractivity contribution is 6.31. The van der Waals surface area contributed by atoms with Gasteiger partial charge < -0.3 is 26.8 Å². The minimum absolute atomic E-state index is 0.669. The number of oxazole rings is 5. The molecule has 0 fully saturated rings. The molecule has 280 valence electrons. The molecule has 0 unspecified atom stereocenters. The van der Waals surface area contributed by atoms with Gasteiger partial charge in [0.15, 0.2) is 57.4 Å². The molecule has 0 radical (unpaired) electrons. The van der Waals surface area contributed by atoms with Gasteiger partial charge in [0, 0.05) is 45.7 Å². The molecular weight excluding hydrogens is 718 g/mol. The molecule has 10 rings (SSSR count). The molecule has 0 atom stereocenters. The molecule has 5 aromatic heterocycles. The van der Waals surface area contributed by atoms with Crippen molar-refractivity contribution in [3.63, 3.8) is 0 Å². The van der Waals surface area contributed by atoms with Gasteiger partial charge in [-0.1, -0.05) is 35.9 Å². The zero-order chi connectivity index (χ0) is 39.1. The topological polar surface area (TPSA) is 139 Å². The van der Waals surface area contributed by atoms with E-state index in [9.17, 15) is 0 Å². The summed E-state index contributed by atoms with van der Waals surface area (Å²) in [5.41, 5.74) is 11.1. The number of benzene rings is 5. The lowest BCUT2D eigenvalue weighted by atomic mass is 10.2. The van der Waals surface area contributed by atoms with Crippen LogP contribution in [0.4, 0.5) is 0 Å². The number of rotatable bonds is 1. The van der Waals surface area contributed by atoms with E-state index in [4.69, 9.17) is 38.4 Å². The van der Waals surface area contributed by atoms with E-state index < -0.39 is 0 Å². The van der Waals surface area contributed by atoms with Crippen LogP contribution in [0, 0.1) is 48.5 Å². The maximum Gasteiger partial charge on any atom is 0.192 e. The van der Waals surface area contributed by atoms with Crippen LogP contribution in [-0.4, -0.2) is 32.0 Å². The Kier molecular flexibility index (Phi) is 11.9. The quantitative estimate of drug-likeness (QED) is 0.158. The molecule has 0 saturated carbocycles. The maximum absolute atomic E-state index is 5.75. The Hall–Kier alpha value is -6.46. The highest BCUT2D eigenvalue weighted by Crippen LogP contribution is 2.22. The van der Waals surface area contributed by atoms with Gasteiger partial charge in [-0.25, -0.2) is 24.9 Å². The SMILES string of the molecule is COc1ccc2oc(C)nc2c1.Cc1ccc2nc(C)oc2c1.Cc1ccc2oc(C)nc2c1.Cc1nc2cc(Cl)ccc2o1.Cc1nc2ccccc2o1. The molecule has 10 aromatic rings. The number of aromatic nitrogens is 5. The van der Waals surface area contributed by atoms with E-state index in [1.54, 1.807) is 19.2 Å². The second-order valence-corrected chi connectivity index (χ2v) is 13.0. The monoisotopic (exact) mass is 757 g/mol. The summed E-state index contributed by atoms with van der Waals surface area (Å²) < 4.78 is 31.5. The largest absolute Gasteiger partial charge is 0.497 e. The minimum Gasteiger partial charge on any atom is -0.497 e. The Morgan fingerprint density at radius 1 is 0.400 bits per heavy atom. The van der Waals surface area contributed by atoms with E-state index in [-0.39, 0.29) is 0 Å². The van der Waals surface area contributed by atoms with Gasteiger partial charge in [0.2, 0.25) is 0 Å². The molecule has 0 saturated heterocycles. The van der Waals surface area contributed by atoms with Crippen molar-refractivity contribution in [2.45, 2.75) is 48.5 Å². The summed E-state index contributed by atoms with van der Waals surface area (Å²) in [4.78, 5) is 20.8. The first-order chi connectivity index (χ1) is 26.4. The maximum atomic E-state index is 5.75. The number of fused-ring (bicyclic) bond motifs is 5. The Balaban J connectivity index is 0.000000117. The number of halogens is 1. The number of aryl methyl sites for hydroxylation is 7. The van der Waals surface area contributed by atoms with Crippen molar-refractivity contribution in [2.75, 3.05) is 7.11 Å². The third kappa shape index (κ3) is 10.2. The third-order valence-corrected chi connectivity index (χ3v) is 8.10. The summed E-state index contributed by atoms with van der Waals surface area (Å²) in [7, 11) is 1.63.